The number of nitrogens with zero attached hydrogens (tertiary/aromatic N) is 2. The number of nitrogens with one attached hydrogen (secondary N) is 1. The summed E-state index contributed by atoms with van der Waals surface area (Å²) in [4.78, 5) is 14.5. The minimum atomic E-state index is 0.226. The van der Waals surface area contributed by atoms with E-state index in [0.717, 1.165) is 49.5 Å². The van der Waals surface area contributed by atoms with Gasteiger partial charge in [0.1, 0.15) is 5.75 Å². The molecule has 1 amide bonds. The second-order valence-corrected chi connectivity index (χ2v) is 6.92. The van der Waals surface area contributed by atoms with Crippen LogP contribution in [0.4, 0.5) is 0 Å². The molecule has 0 aliphatic carbocycles. The lowest BCUT2D eigenvalue weighted by Gasteiger charge is -2.32. The van der Waals surface area contributed by atoms with E-state index in [2.05, 4.69) is 23.2 Å². The maximum absolute atomic E-state index is 12.5. The molecule has 1 aromatic heterocycles. The first kappa shape index (κ1) is 17.5. The summed E-state index contributed by atoms with van der Waals surface area (Å²) in [5, 5.41) is 7.37. The van der Waals surface area contributed by atoms with E-state index >= 15 is 0 Å². The maximum Gasteiger partial charge on any atom is 0.222 e. The van der Waals surface area contributed by atoms with Crippen molar-refractivity contribution in [3.8, 4) is 5.75 Å². The van der Waals surface area contributed by atoms with Gasteiger partial charge >= 0.3 is 0 Å². The first-order valence-electron chi connectivity index (χ1n) is 9.11. The lowest BCUT2D eigenvalue weighted by atomic mass is 9.94. The van der Waals surface area contributed by atoms with Crippen molar-refractivity contribution in [3.05, 3.63) is 47.3 Å². The Morgan fingerprint density at radius 2 is 2.12 bits per heavy atom. The molecular weight excluding hydrogens is 314 g/mol. The summed E-state index contributed by atoms with van der Waals surface area (Å²) in [6.45, 7) is 6.28. The van der Waals surface area contributed by atoms with Gasteiger partial charge in [-0.15, -0.1) is 0 Å². The Kier molecular flexibility index (Phi) is 5.74. The van der Waals surface area contributed by atoms with Gasteiger partial charge in [-0.05, 0) is 51.3 Å². The minimum Gasteiger partial charge on any atom is -0.494 e. The summed E-state index contributed by atoms with van der Waals surface area (Å²) in [6, 6.07) is 10.1. The van der Waals surface area contributed by atoms with E-state index in [4.69, 9.17) is 4.74 Å². The SMILES string of the molecule is Cc1ccc(OCCCC(=O)N2CCC[C@@H](c3cc(C)[nH]n3)C2)cc1. The molecule has 1 atom stereocenters. The number of carbonyl (C=O) groups excluding carboxylic acids is 1. The molecule has 1 aliphatic heterocycles. The van der Waals surface area contributed by atoms with Crippen molar-refractivity contribution in [1.82, 2.24) is 15.1 Å². The second-order valence-electron chi connectivity index (χ2n) is 6.92. The first-order valence-corrected chi connectivity index (χ1v) is 9.11. The lowest BCUT2D eigenvalue weighted by Crippen LogP contribution is -2.39. The molecule has 1 saturated heterocycles. The third kappa shape index (κ3) is 4.84. The fraction of sp³-hybridized carbons (Fsp3) is 0.500. The molecule has 5 nitrogen and oxygen atoms in total. The van der Waals surface area contributed by atoms with Gasteiger partial charge in [-0.3, -0.25) is 9.89 Å². The number of H-pyrrole nitrogens is 1. The number of hydrogen-bond donors (Lipinski definition) is 1. The Hall–Kier alpha value is -2.30. The molecule has 0 unspecified atom stereocenters. The second kappa shape index (κ2) is 8.19. The van der Waals surface area contributed by atoms with E-state index < -0.39 is 0 Å². The van der Waals surface area contributed by atoms with Crippen LogP contribution in [-0.4, -0.2) is 40.7 Å². The van der Waals surface area contributed by atoms with Crippen molar-refractivity contribution >= 4 is 5.91 Å². The van der Waals surface area contributed by atoms with E-state index in [0.29, 0.717) is 18.9 Å². The number of hydrogen-bond acceptors (Lipinski definition) is 3. The van der Waals surface area contributed by atoms with Gasteiger partial charge < -0.3 is 9.64 Å². The number of piperidine rings is 1. The first-order chi connectivity index (χ1) is 12.1. The van der Waals surface area contributed by atoms with Crippen LogP contribution < -0.4 is 4.74 Å². The lowest BCUT2D eigenvalue weighted by molar-refractivity contribution is -0.132. The highest BCUT2D eigenvalue weighted by Gasteiger charge is 2.25. The van der Waals surface area contributed by atoms with Crippen LogP contribution in [0.1, 0.15) is 48.6 Å². The quantitative estimate of drug-likeness (QED) is 0.817. The van der Waals surface area contributed by atoms with Gasteiger partial charge in [0.25, 0.3) is 0 Å². The molecule has 1 aromatic carbocycles. The predicted octanol–water partition coefficient (Wildman–Crippen LogP) is 3.59. The van der Waals surface area contributed by atoms with E-state index in [9.17, 15) is 4.79 Å². The van der Waals surface area contributed by atoms with Crippen molar-refractivity contribution in [3.63, 3.8) is 0 Å². The zero-order chi connectivity index (χ0) is 17.6. The fourth-order valence-corrected chi connectivity index (χ4v) is 3.30. The van der Waals surface area contributed by atoms with E-state index in [-0.39, 0.29) is 5.91 Å². The number of ether oxygens (including phenoxy) is 1. The summed E-state index contributed by atoms with van der Waals surface area (Å²) in [5.74, 6) is 1.45. The molecular formula is C20H27N3O2. The Labute approximate surface area is 149 Å². The van der Waals surface area contributed by atoms with E-state index in [1.807, 2.05) is 36.1 Å². The number of aryl methyl sites for hydroxylation is 2. The Bertz CT molecular complexity index is 693. The zero-order valence-electron chi connectivity index (χ0n) is 15.1. The largest absolute Gasteiger partial charge is 0.494 e. The van der Waals surface area contributed by atoms with E-state index in [1.165, 1.54) is 5.56 Å². The molecule has 5 heteroatoms. The maximum atomic E-state index is 12.5. The van der Waals surface area contributed by atoms with Gasteiger partial charge in [-0.1, -0.05) is 17.7 Å². The molecule has 0 radical (unpaired) electrons. The third-order valence-corrected chi connectivity index (χ3v) is 4.74. The highest BCUT2D eigenvalue weighted by molar-refractivity contribution is 5.76. The molecule has 1 N–H and O–H groups in total. The Morgan fingerprint density at radius 1 is 1.32 bits per heavy atom. The van der Waals surface area contributed by atoms with Crippen molar-refractivity contribution in [2.75, 3.05) is 19.7 Å². The van der Waals surface area contributed by atoms with Crippen molar-refractivity contribution < 1.29 is 9.53 Å². The molecule has 134 valence electrons. The molecule has 2 heterocycles. The Balaban J connectivity index is 1.42. The molecule has 3 rings (SSSR count). The third-order valence-electron chi connectivity index (χ3n) is 4.74. The zero-order valence-corrected chi connectivity index (χ0v) is 15.1. The van der Waals surface area contributed by atoms with Crippen LogP contribution in [0.15, 0.2) is 30.3 Å². The molecule has 0 saturated carbocycles. The number of benzene rings is 1. The van der Waals surface area contributed by atoms with Gasteiger partial charge in [0.2, 0.25) is 5.91 Å². The van der Waals surface area contributed by atoms with Gasteiger partial charge in [-0.25, -0.2) is 0 Å². The van der Waals surface area contributed by atoms with Gasteiger partial charge in [-0.2, -0.15) is 5.10 Å². The molecule has 1 aliphatic rings. The van der Waals surface area contributed by atoms with Crippen LogP contribution in [-0.2, 0) is 4.79 Å². The molecule has 25 heavy (non-hydrogen) atoms. The standard InChI is InChI=1S/C20H27N3O2/c1-15-7-9-18(10-8-15)25-12-4-6-20(24)23-11-3-5-17(14-23)19-13-16(2)21-22-19/h7-10,13,17H,3-6,11-12,14H2,1-2H3,(H,21,22)/t17-/m1/s1. The van der Waals surface area contributed by atoms with Crippen molar-refractivity contribution in [2.45, 2.75) is 45.4 Å². The van der Waals surface area contributed by atoms with Crippen molar-refractivity contribution in [1.29, 1.82) is 0 Å². The highest BCUT2D eigenvalue weighted by Crippen LogP contribution is 2.26. The summed E-state index contributed by atoms with van der Waals surface area (Å²) >= 11 is 0. The number of amides is 1. The minimum absolute atomic E-state index is 0.226. The molecule has 1 fully saturated rings. The van der Waals surface area contributed by atoms with E-state index in [1.54, 1.807) is 0 Å². The summed E-state index contributed by atoms with van der Waals surface area (Å²) < 4.78 is 5.71. The fourth-order valence-electron chi connectivity index (χ4n) is 3.30. The smallest absolute Gasteiger partial charge is 0.222 e. The Morgan fingerprint density at radius 3 is 2.84 bits per heavy atom. The van der Waals surface area contributed by atoms with Gasteiger partial charge in [0, 0.05) is 31.1 Å². The normalized spacial score (nSPS) is 17.5. The predicted molar refractivity (Wildman–Crippen MR) is 97.8 cm³/mol. The molecule has 0 bridgehead atoms. The monoisotopic (exact) mass is 341 g/mol. The summed E-state index contributed by atoms with van der Waals surface area (Å²) in [6.07, 6.45) is 3.43. The van der Waals surface area contributed by atoms with Crippen LogP contribution in [0, 0.1) is 13.8 Å². The van der Waals surface area contributed by atoms with Crippen LogP contribution in [0.3, 0.4) is 0 Å². The number of carbonyl (C=O) groups is 1. The number of rotatable bonds is 6. The van der Waals surface area contributed by atoms with Crippen LogP contribution in [0.5, 0.6) is 5.75 Å². The average molecular weight is 341 g/mol. The molecule has 2 aromatic rings. The average Bonchev–Trinajstić information content (AvgIpc) is 3.07. The topological polar surface area (TPSA) is 58.2 Å². The van der Waals surface area contributed by atoms with Crippen LogP contribution in [0.2, 0.25) is 0 Å². The van der Waals surface area contributed by atoms with Gasteiger partial charge in [0.05, 0.1) is 12.3 Å². The van der Waals surface area contributed by atoms with Crippen LogP contribution in [0.25, 0.3) is 0 Å². The highest BCUT2D eigenvalue weighted by atomic mass is 16.5. The number of aromatic amines is 1. The van der Waals surface area contributed by atoms with Gasteiger partial charge in [0.15, 0.2) is 0 Å². The van der Waals surface area contributed by atoms with Crippen molar-refractivity contribution in [2.24, 2.45) is 0 Å². The molecule has 0 spiro atoms. The summed E-state index contributed by atoms with van der Waals surface area (Å²) in [7, 11) is 0. The van der Waals surface area contributed by atoms with Crippen LogP contribution >= 0.6 is 0 Å². The number of aromatic nitrogens is 2. The summed E-state index contributed by atoms with van der Waals surface area (Å²) in [5.41, 5.74) is 3.37. The number of likely N-dealkylation sites (tertiary alicyclic amines) is 1.